The van der Waals surface area contributed by atoms with Crippen LogP contribution in [0.2, 0.25) is 0 Å². The zero-order valence-corrected chi connectivity index (χ0v) is 23.4. The number of carbonyl (C=O) groups excluding carboxylic acids is 3. The summed E-state index contributed by atoms with van der Waals surface area (Å²) < 4.78 is 5.38. The molecule has 0 spiro atoms. The Morgan fingerprint density at radius 2 is 1.70 bits per heavy atom. The van der Waals surface area contributed by atoms with Gasteiger partial charge in [0.25, 0.3) is 0 Å². The van der Waals surface area contributed by atoms with Crippen LogP contribution in [0.3, 0.4) is 0 Å². The summed E-state index contributed by atoms with van der Waals surface area (Å²) in [5, 5.41) is 21.1. The van der Waals surface area contributed by atoms with Gasteiger partial charge in [0.05, 0.1) is 18.1 Å². The number of nitrogens with zero attached hydrogens (tertiary/aromatic N) is 1. The summed E-state index contributed by atoms with van der Waals surface area (Å²) in [5.41, 5.74) is -2.94. The molecule has 0 aromatic carbocycles. The van der Waals surface area contributed by atoms with Crippen LogP contribution in [0.1, 0.15) is 86.5 Å². The first-order valence-electron chi connectivity index (χ1n) is 13.8. The van der Waals surface area contributed by atoms with Crippen LogP contribution < -0.4 is 0 Å². The third-order valence-corrected chi connectivity index (χ3v) is 12.1. The van der Waals surface area contributed by atoms with Crippen molar-refractivity contribution in [1.29, 1.82) is 5.26 Å². The molecular weight excluding hydrogens is 466 g/mol. The second kappa shape index (κ2) is 7.65. The lowest BCUT2D eigenvalue weighted by Gasteiger charge is -2.68. The molecule has 0 radical (unpaired) electrons. The van der Waals surface area contributed by atoms with Crippen LogP contribution in [0, 0.1) is 56.2 Å². The van der Waals surface area contributed by atoms with E-state index in [9.17, 15) is 24.8 Å². The maximum Gasteiger partial charge on any atom is 0.312 e. The molecule has 0 bridgehead atoms. The number of carbonyl (C=O) groups is 3. The summed E-state index contributed by atoms with van der Waals surface area (Å²) >= 11 is 0. The molecule has 0 amide bonds. The third kappa shape index (κ3) is 3.10. The van der Waals surface area contributed by atoms with Gasteiger partial charge in [0.15, 0.2) is 5.78 Å². The van der Waals surface area contributed by atoms with Crippen molar-refractivity contribution in [3.63, 3.8) is 0 Å². The number of ketones is 2. The predicted octanol–water partition coefficient (Wildman–Crippen LogP) is 5.10. The van der Waals surface area contributed by atoms with E-state index in [1.807, 2.05) is 13.0 Å². The van der Waals surface area contributed by atoms with E-state index in [0.717, 1.165) is 37.7 Å². The van der Waals surface area contributed by atoms with Crippen LogP contribution in [0.4, 0.5) is 0 Å². The maximum atomic E-state index is 14.3. The number of hydrogen-bond donors (Lipinski definition) is 1. The summed E-state index contributed by atoms with van der Waals surface area (Å²) in [4.78, 5) is 40.6. The van der Waals surface area contributed by atoms with Crippen molar-refractivity contribution in [1.82, 2.24) is 0 Å². The molecule has 5 rings (SSSR count). The molecule has 37 heavy (non-hydrogen) atoms. The third-order valence-electron chi connectivity index (χ3n) is 12.1. The van der Waals surface area contributed by atoms with Crippen molar-refractivity contribution in [2.24, 2.45) is 44.8 Å². The minimum atomic E-state index is -1.67. The largest absolute Gasteiger partial charge is 0.469 e. The monoisotopic (exact) mass is 507 g/mol. The highest BCUT2D eigenvalue weighted by Gasteiger charge is 2.71. The molecule has 8 atom stereocenters. The van der Waals surface area contributed by atoms with Gasteiger partial charge >= 0.3 is 5.97 Å². The normalized spacial score (nSPS) is 48.2. The van der Waals surface area contributed by atoms with Crippen LogP contribution in [0.5, 0.6) is 0 Å². The first-order valence-corrected chi connectivity index (χ1v) is 13.8. The number of Topliss-reactive ketones (excluding diaryl/α,β-unsaturated/α-hetero) is 1. The van der Waals surface area contributed by atoms with E-state index in [0.29, 0.717) is 12.8 Å². The highest BCUT2D eigenvalue weighted by Crippen LogP contribution is 2.74. The molecule has 0 aliphatic heterocycles. The van der Waals surface area contributed by atoms with Crippen molar-refractivity contribution in [3.05, 3.63) is 23.3 Å². The Morgan fingerprint density at radius 1 is 1.05 bits per heavy atom. The molecule has 1 N–H and O–H groups in total. The first-order chi connectivity index (χ1) is 17.0. The molecule has 0 aromatic rings. The fourth-order valence-corrected chi connectivity index (χ4v) is 9.87. The van der Waals surface area contributed by atoms with Crippen LogP contribution in [0.15, 0.2) is 23.3 Å². The Kier molecular flexibility index (Phi) is 5.45. The van der Waals surface area contributed by atoms with Gasteiger partial charge in [-0.25, -0.2) is 0 Å². The summed E-state index contributed by atoms with van der Waals surface area (Å²) in [6.45, 7) is 12.5. The lowest BCUT2D eigenvalue weighted by atomic mass is 9.34. The van der Waals surface area contributed by atoms with Crippen molar-refractivity contribution in [2.75, 3.05) is 7.11 Å². The molecule has 200 valence electrons. The van der Waals surface area contributed by atoms with E-state index in [4.69, 9.17) is 4.74 Å². The lowest BCUT2D eigenvalue weighted by Crippen LogP contribution is -2.66. The zero-order valence-electron chi connectivity index (χ0n) is 23.4. The number of fused-ring (bicyclic) bond motifs is 7. The number of allylic oxidation sites excluding steroid dienone is 3. The van der Waals surface area contributed by atoms with Crippen molar-refractivity contribution < 1.29 is 24.2 Å². The maximum absolute atomic E-state index is 14.3. The van der Waals surface area contributed by atoms with Gasteiger partial charge in [-0.05, 0) is 80.1 Å². The Balaban J connectivity index is 1.71. The van der Waals surface area contributed by atoms with Gasteiger partial charge in [-0.15, -0.1) is 0 Å². The highest BCUT2D eigenvalue weighted by atomic mass is 16.5. The van der Waals surface area contributed by atoms with E-state index in [2.05, 4.69) is 27.7 Å². The minimum Gasteiger partial charge on any atom is -0.469 e. The topological polar surface area (TPSA) is 104 Å². The predicted molar refractivity (Wildman–Crippen MR) is 138 cm³/mol. The molecular formula is C31H41NO5. The SMILES string of the molecule is COC(=O)[C@]12CCC(C)(C)CC1C1C(=O)C=C3[C@@]4(C)C=C(C#N)C(=O)[C@](C)(O)C4CC[C@@]3(C)[C@]1(C)CC2. The second-order valence-electron chi connectivity index (χ2n) is 14.3. The number of ether oxygens (including phenoxy) is 1. The van der Waals surface area contributed by atoms with E-state index in [1.54, 1.807) is 12.2 Å². The number of nitriles is 1. The highest BCUT2D eigenvalue weighted by molar-refractivity contribution is 6.06. The summed E-state index contributed by atoms with van der Waals surface area (Å²) in [7, 11) is 1.46. The van der Waals surface area contributed by atoms with E-state index >= 15 is 0 Å². The zero-order chi connectivity index (χ0) is 27.4. The van der Waals surface area contributed by atoms with Gasteiger partial charge in [0, 0.05) is 17.3 Å². The first kappa shape index (κ1) is 26.4. The van der Waals surface area contributed by atoms with E-state index < -0.39 is 33.5 Å². The second-order valence-corrected chi connectivity index (χ2v) is 14.3. The average molecular weight is 508 g/mol. The van der Waals surface area contributed by atoms with Crippen LogP contribution in [-0.4, -0.2) is 35.4 Å². The summed E-state index contributed by atoms with van der Waals surface area (Å²) in [6, 6.07) is 2.01. The Morgan fingerprint density at radius 3 is 2.32 bits per heavy atom. The van der Waals surface area contributed by atoms with Gasteiger partial charge < -0.3 is 9.84 Å². The number of methoxy groups -OCH3 is 1. The number of esters is 1. The van der Waals surface area contributed by atoms with Crippen LogP contribution in [0.25, 0.3) is 0 Å². The lowest BCUT2D eigenvalue weighted by molar-refractivity contribution is -0.192. The van der Waals surface area contributed by atoms with Crippen LogP contribution in [-0.2, 0) is 19.1 Å². The molecule has 6 heteroatoms. The van der Waals surface area contributed by atoms with Gasteiger partial charge in [0.1, 0.15) is 11.7 Å². The molecule has 3 saturated carbocycles. The average Bonchev–Trinajstić information content (AvgIpc) is 2.82. The molecule has 0 aromatic heterocycles. The quantitative estimate of drug-likeness (QED) is 0.495. The van der Waals surface area contributed by atoms with E-state index in [1.165, 1.54) is 14.0 Å². The molecule has 5 aliphatic carbocycles. The van der Waals surface area contributed by atoms with E-state index in [-0.39, 0.29) is 40.0 Å². The number of rotatable bonds is 1. The smallest absolute Gasteiger partial charge is 0.312 e. The molecule has 3 fully saturated rings. The Labute approximate surface area is 220 Å². The summed E-state index contributed by atoms with van der Waals surface area (Å²) in [6.07, 6.45) is 8.76. The number of aliphatic hydroxyl groups is 1. The molecule has 5 aliphatic rings. The standard InChI is InChI=1S/C31H41NO5/c1-26(2)10-12-31(25(35)37-7)13-11-29(5)23(19(31)16-26)20(33)14-22-27(3)15-18(17-32)24(34)30(6,36)21(27)8-9-28(22,29)4/h14-15,19,21,23,36H,8-13,16H2,1-7H3/t19?,21?,23?,27-,28+,29+,30+,31-/m0/s1. The summed E-state index contributed by atoms with van der Waals surface area (Å²) in [5.74, 6) is -1.49. The van der Waals surface area contributed by atoms with Gasteiger partial charge in [0.2, 0.25) is 5.78 Å². The van der Waals surface area contributed by atoms with Crippen molar-refractivity contribution >= 4 is 17.5 Å². The number of hydrogen-bond acceptors (Lipinski definition) is 6. The van der Waals surface area contributed by atoms with Crippen molar-refractivity contribution in [3.8, 4) is 6.07 Å². The van der Waals surface area contributed by atoms with Crippen molar-refractivity contribution in [2.45, 2.75) is 92.1 Å². The van der Waals surface area contributed by atoms with Gasteiger partial charge in [-0.2, -0.15) is 5.26 Å². The molecule has 0 saturated heterocycles. The van der Waals surface area contributed by atoms with Gasteiger partial charge in [-0.3, -0.25) is 14.4 Å². The fraction of sp³-hybridized carbons (Fsp3) is 0.742. The van der Waals surface area contributed by atoms with Crippen LogP contribution >= 0.6 is 0 Å². The molecule has 0 heterocycles. The molecule has 6 nitrogen and oxygen atoms in total. The molecule has 3 unspecified atom stereocenters. The minimum absolute atomic E-state index is 0.0299. The Hall–Kier alpha value is -2.26. The Bertz CT molecular complexity index is 1200. The van der Waals surface area contributed by atoms with Gasteiger partial charge in [-0.1, -0.05) is 46.3 Å². The fourth-order valence-electron chi connectivity index (χ4n) is 9.87.